The normalized spacial score (nSPS) is 17.7. The maximum atomic E-state index is 5.67. The smallest absolute Gasteiger partial charge is 0.191 e. The number of nitrogens with one attached hydrogen (secondary N) is 2. The number of hydrogen-bond acceptors (Lipinski definition) is 5. The number of rotatable bonds is 10. The number of nitrogens with zero attached hydrogens (tertiary/aromatic N) is 2. The standard InChI is InChI=1S/C17H28N4O3/c1-18-17(21-8-11-24-16-4-2-6-19-12-16)20-7-3-9-22-13-15-5-10-23-14-15/h2,4,6,12,15H,3,5,7-11,13-14H2,1H3,(H2,18,20,21). The monoisotopic (exact) mass is 336 g/mol. The predicted octanol–water partition coefficient (Wildman–Crippen LogP) is 1.07. The van der Waals surface area contributed by atoms with E-state index < -0.39 is 0 Å². The van der Waals surface area contributed by atoms with Crippen LogP contribution in [0.15, 0.2) is 29.5 Å². The number of guanidine groups is 1. The molecular weight excluding hydrogens is 308 g/mol. The van der Waals surface area contributed by atoms with Gasteiger partial charge in [-0.25, -0.2) is 0 Å². The van der Waals surface area contributed by atoms with Crippen molar-refractivity contribution < 1.29 is 14.2 Å². The van der Waals surface area contributed by atoms with Gasteiger partial charge >= 0.3 is 0 Å². The number of aromatic nitrogens is 1. The minimum Gasteiger partial charge on any atom is -0.490 e. The third-order valence-corrected chi connectivity index (χ3v) is 3.66. The van der Waals surface area contributed by atoms with E-state index in [4.69, 9.17) is 14.2 Å². The zero-order chi connectivity index (χ0) is 16.9. The van der Waals surface area contributed by atoms with E-state index in [0.717, 1.165) is 57.5 Å². The molecule has 1 aliphatic rings. The van der Waals surface area contributed by atoms with Gasteiger partial charge in [0.1, 0.15) is 12.4 Å². The Balaban J connectivity index is 1.45. The van der Waals surface area contributed by atoms with Gasteiger partial charge in [0.05, 0.1) is 26.0 Å². The van der Waals surface area contributed by atoms with E-state index in [1.165, 1.54) is 0 Å². The summed E-state index contributed by atoms with van der Waals surface area (Å²) >= 11 is 0. The topological polar surface area (TPSA) is 77.0 Å². The van der Waals surface area contributed by atoms with Crippen LogP contribution in [0.1, 0.15) is 12.8 Å². The molecule has 0 radical (unpaired) electrons. The van der Waals surface area contributed by atoms with Gasteiger partial charge in [-0.1, -0.05) is 0 Å². The Labute approximate surface area is 143 Å². The fraction of sp³-hybridized carbons (Fsp3) is 0.647. The van der Waals surface area contributed by atoms with Gasteiger partial charge in [0.2, 0.25) is 0 Å². The molecule has 1 aliphatic heterocycles. The van der Waals surface area contributed by atoms with E-state index in [0.29, 0.717) is 19.1 Å². The quantitative estimate of drug-likeness (QED) is 0.378. The van der Waals surface area contributed by atoms with E-state index >= 15 is 0 Å². The minimum absolute atomic E-state index is 0.555. The molecule has 1 atom stereocenters. The molecule has 2 heterocycles. The van der Waals surface area contributed by atoms with Crippen LogP contribution < -0.4 is 15.4 Å². The minimum atomic E-state index is 0.555. The fourth-order valence-electron chi connectivity index (χ4n) is 2.34. The summed E-state index contributed by atoms with van der Waals surface area (Å²) in [6.45, 7) is 5.33. The largest absolute Gasteiger partial charge is 0.490 e. The summed E-state index contributed by atoms with van der Waals surface area (Å²) in [6, 6.07) is 3.74. The summed E-state index contributed by atoms with van der Waals surface area (Å²) in [5.74, 6) is 2.12. The van der Waals surface area contributed by atoms with Gasteiger partial charge in [0.15, 0.2) is 5.96 Å². The highest BCUT2D eigenvalue weighted by Crippen LogP contribution is 2.12. The molecule has 0 aromatic carbocycles. The molecule has 1 aromatic rings. The van der Waals surface area contributed by atoms with Crippen LogP contribution >= 0.6 is 0 Å². The Morgan fingerprint density at radius 1 is 1.38 bits per heavy atom. The molecule has 0 aliphatic carbocycles. The van der Waals surface area contributed by atoms with Crippen molar-refractivity contribution in [2.75, 3.05) is 53.2 Å². The molecule has 0 spiro atoms. The Hall–Kier alpha value is -1.86. The Kier molecular flexibility index (Phi) is 8.96. The summed E-state index contributed by atoms with van der Waals surface area (Å²) < 4.78 is 16.6. The highest BCUT2D eigenvalue weighted by atomic mass is 16.5. The van der Waals surface area contributed by atoms with E-state index in [-0.39, 0.29) is 0 Å². The van der Waals surface area contributed by atoms with Crippen molar-refractivity contribution in [2.45, 2.75) is 12.8 Å². The summed E-state index contributed by atoms with van der Waals surface area (Å²) in [7, 11) is 1.76. The molecule has 1 unspecified atom stereocenters. The third kappa shape index (κ3) is 7.61. The lowest BCUT2D eigenvalue weighted by Gasteiger charge is -2.13. The van der Waals surface area contributed by atoms with E-state index in [1.807, 2.05) is 12.1 Å². The highest BCUT2D eigenvalue weighted by molar-refractivity contribution is 5.79. The van der Waals surface area contributed by atoms with Crippen molar-refractivity contribution >= 4 is 5.96 Å². The first-order valence-electron chi connectivity index (χ1n) is 8.51. The zero-order valence-electron chi connectivity index (χ0n) is 14.4. The van der Waals surface area contributed by atoms with Crippen LogP contribution in [0.2, 0.25) is 0 Å². The summed E-state index contributed by atoms with van der Waals surface area (Å²) in [5, 5.41) is 6.47. The molecule has 24 heavy (non-hydrogen) atoms. The molecule has 0 saturated carbocycles. The molecule has 1 aromatic heterocycles. The molecule has 2 N–H and O–H groups in total. The molecule has 134 valence electrons. The van der Waals surface area contributed by atoms with Crippen molar-refractivity contribution in [1.82, 2.24) is 15.6 Å². The van der Waals surface area contributed by atoms with Crippen LogP contribution in [0.25, 0.3) is 0 Å². The number of aliphatic imine (C=N–C) groups is 1. The van der Waals surface area contributed by atoms with Crippen molar-refractivity contribution in [3.05, 3.63) is 24.5 Å². The number of ether oxygens (including phenoxy) is 3. The molecule has 0 amide bonds. The van der Waals surface area contributed by atoms with Crippen LogP contribution in [0.4, 0.5) is 0 Å². The van der Waals surface area contributed by atoms with E-state index in [1.54, 1.807) is 19.4 Å². The van der Waals surface area contributed by atoms with Gasteiger partial charge in [-0.3, -0.25) is 9.98 Å². The van der Waals surface area contributed by atoms with Crippen LogP contribution in [-0.2, 0) is 9.47 Å². The number of pyridine rings is 1. The van der Waals surface area contributed by atoms with Gasteiger partial charge < -0.3 is 24.8 Å². The van der Waals surface area contributed by atoms with Crippen LogP contribution in [0.3, 0.4) is 0 Å². The van der Waals surface area contributed by atoms with Crippen LogP contribution in [-0.4, -0.2) is 64.1 Å². The van der Waals surface area contributed by atoms with Gasteiger partial charge in [-0.05, 0) is 25.0 Å². The predicted molar refractivity (Wildman–Crippen MR) is 93.5 cm³/mol. The second-order valence-electron chi connectivity index (χ2n) is 5.62. The average Bonchev–Trinajstić information content (AvgIpc) is 3.14. The van der Waals surface area contributed by atoms with Gasteiger partial charge in [-0.2, -0.15) is 0 Å². The molecule has 0 bridgehead atoms. The molecule has 7 heteroatoms. The first kappa shape index (κ1) is 18.5. The molecule has 1 saturated heterocycles. The van der Waals surface area contributed by atoms with Gasteiger partial charge in [0.25, 0.3) is 0 Å². The molecular formula is C17H28N4O3. The molecule has 7 nitrogen and oxygen atoms in total. The van der Waals surface area contributed by atoms with Crippen molar-refractivity contribution in [1.29, 1.82) is 0 Å². The Morgan fingerprint density at radius 2 is 2.29 bits per heavy atom. The third-order valence-electron chi connectivity index (χ3n) is 3.66. The maximum absolute atomic E-state index is 5.67. The highest BCUT2D eigenvalue weighted by Gasteiger charge is 2.15. The van der Waals surface area contributed by atoms with Crippen molar-refractivity contribution in [3.8, 4) is 5.75 Å². The van der Waals surface area contributed by atoms with Crippen molar-refractivity contribution in [2.24, 2.45) is 10.9 Å². The Bertz CT molecular complexity index is 464. The SMILES string of the molecule is CN=C(NCCCOCC1CCOC1)NCCOc1cccnc1. The lowest BCUT2D eigenvalue weighted by Crippen LogP contribution is -2.39. The maximum Gasteiger partial charge on any atom is 0.191 e. The van der Waals surface area contributed by atoms with E-state index in [2.05, 4.69) is 20.6 Å². The first-order valence-corrected chi connectivity index (χ1v) is 8.51. The Morgan fingerprint density at radius 3 is 3.04 bits per heavy atom. The van der Waals surface area contributed by atoms with Crippen molar-refractivity contribution in [3.63, 3.8) is 0 Å². The zero-order valence-corrected chi connectivity index (χ0v) is 14.4. The van der Waals surface area contributed by atoms with Crippen LogP contribution in [0.5, 0.6) is 5.75 Å². The van der Waals surface area contributed by atoms with Crippen LogP contribution in [0, 0.1) is 5.92 Å². The molecule has 1 fully saturated rings. The average molecular weight is 336 g/mol. The fourth-order valence-corrected chi connectivity index (χ4v) is 2.34. The van der Waals surface area contributed by atoms with Gasteiger partial charge in [-0.15, -0.1) is 0 Å². The summed E-state index contributed by atoms with van der Waals surface area (Å²) in [5.41, 5.74) is 0. The second kappa shape index (κ2) is 11.6. The first-order chi connectivity index (χ1) is 11.9. The molecule has 2 rings (SSSR count). The lowest BCUT2D eigenvalue weighted by molar-refractivity contribution is 0.0888. The van der Waals surface area contributed by atoms with Gasteiger partial charge in [0, 0.05) is 38.9 Å². The number of hydrogen-bond donors (Lipinski definition) is 2. The summed E-state index contributed by atoms with van der Waals surface area (Å²) in [4.78, 5) is 8.19. The lowest BCUT2D eigenvalue weighted by atomic mass is 10.1. The summed E-state index contributed by atoms with van der Waals surface area (Å²) in [6.07, 6.45) is 5.49. The van der Waals surface area contributed by atoms with E-state index in [9.17, 15) is 0 Å². The second-order valence-corrected chi connectivity index (χ2v) is 5.62.